The predicted molar refractivity (Wildman–Crippen MR) is 69.3 cm³/mol. The summed E-state index contributed by atoms with van der Waals surface area (Å²) >= 11 is 7.10. The van der Waals surface area contributed by atoms with Gasteiger partial charge in [-0.2, -0.15) is 8.75 Å². The summed E-state index contributed by atoms with van der Waals surface area (Å²) in [4.78, 5) is 11.3. The Bertz CT molecular complexity index is 585. The Hall–Kier alpha value is -1.40. The van der Waals surface area contributed by atoms with Gasteiger partial charge in [-0.1, -0.05) is 11.6 Å². The minimum atomic E-state index is -0.414. The van der Waals surface area contributed by atoms with E-state index < -0.39 is 5.97 Å². The van der Waals surface area contributed by atoms with Crippen molar-refractivity contribution in [2.24, 2.45) is 0 Å². The fourth-order valence-corrected chi connectivity index (χ4v) is 2.42. The van der Waals surface area contributed by atoms with Gasteiger partial charge in [0.2, 0.25) is 0 Å². The van der Waals surface area contributed by atoms with Crippen molar-refractivity contribution < 1.29 is 14.3 Å². The number of benzene rings is 1. The molecule has 0 radical (unpaired) electrons. The zero-order valence-electron chi connectivity index (χ0n) is 9.90. The van der Waals surface area contributed by atoms with Gasteiger partial charge in [0.25, 0.3) is 0 Å². The van der Waals surface area contributed by atoms with E-state index in [1.807, 2.05) is 6.92 Å². The van der Waals surface area contributed by atoms with Crippen LogP contribution in [0.15, 0.2) is 6.07 Å². The number of rotatable bonds is 4. The van der Waals surface area contributed by atoms with Crippen molar-refractivity contribution in [3.63, 3.8) is 0 Å². The summed E-state index contributed by atoms with van der Waals surface area (Å²) in [5.41, 5.74) is 1.98. The van der Waals surface area contributed by atoms with Gasteiger partial charge in [0.1, 0.15) is 11.0 Å². The second kappa shape index (κ2) is 5.49. The van der Waals surface area contributed by atoms with Gasteiger partial charge in [-0.3, -0.25) is 0 Å². The van der Waals surface area contributed by atoms with Gasteiger partial charge >= 0.3 is 5.97 Å². The number of fused-ring (bicyclic) bond motifs is 1. The fourth-order valence-electron chi connectivity index (χ4n) is 1.52. The highest BCUT2D eigenvalue weighted by Crippen LogP contribution is 2.33. The molecule has 0 spiro atoms. The molecule has 1 aromatic heterocycles. The Morgan fingerprint density at radius 2 is 2.17 bits per heavy atom. The number of nitrogens with zero attached hydrogens (tertiary/aromatic N) is 2. The van der Waals surface area contributed by atoms with Gasteiger partial charge in [-0.25, -0.2) is 4.79 Å². The SMILES string of the molecule is CCOC(=O)COc1c(C)cc(Cl)c2nsnc12. The average Bonchev–Trinajstić information content (AvgIpc) is 2.78. The maximum atomic E-state index is 11.3. The van der Waals surface area contributed by atoms with E-state index in [0.717, 1.165) is 17.3 Å². The maximum absolute atomic E-state index is 11.3. The van der Waals surface area contributed by atoms with Gasteiger partial charge in [-0.05, 0) is 25.5 Å². The summed E-state index contributed by atoms with van der Waals surface area (Å²) in [5, 5.41) is 0.528. The van der Waals surface area contributed by atoms with Gasteiger partial charge < -0.3 is 9.47 Å². The van der Waals surface area contributed by atoms with Crippen molar-refractivity contribution in [1.82, 2.24) is 8.75 Å². The Balaban J connectivity index is 2.27. The first kappa shape index (κ1) is 13.0. The Morgan fingerprint density at radius 1 is 1.44 bits per heavy atom. The molecule has 2 aromatic rings. The summed E-state index contributed by atoms with van der Waals surface area (Å²) < 4.78 is 18.5. The number of hydrogen-bond donors (Lipinski definition) is 0. The molecule has 1 heterocycles. The molecule has 7 heteroatoms. The first-order chi connectivity index (χ1) is 8.63. The highest BCUT2D eigenvalue weighted by molar-refractivity contribution is 7.00. The minimum Gasteiger partial charge on any atom is -0.479 e. The topological polar surface area (TPSA) is 61.3 Å². The van der Waals surface area contributed by atoms with Crippen LogP contribution in [0.4, 0.5) is 0 Å². The number of hydrogen-bond acceptors (Lipinski definition) is 6. The van der Waals surface area contributed by atoms with E-state index in [4.69, 9.17) is 21.1 Å². The van der Waals surface area contributed by atoms with E-state index in [9.17, 15) is 4.79 Å². The van der Waals surface area contributed by atoms with Gasteiger partial charge in [0.05, 0.1) is 23.4 Å². The third kappa shape index (κ3) is 2.54. The van der Waals surface area contributed by atoms with E-state index >= 15 is 0 Å². The highest BCUT2D eigenvalue weighted by atomic mass is 35.5. The van der Waals surface area contributed by atoms with Crippen molar-refractivity contribution in [1.29, 1.82) is 0 Å². The van der Waals surface area contributed by atoms with Crippen molar-refractivity contribution in [2.45, 2.75) is 13.8 Å². The van der Waals surface area contributed by atoms with Crippen LogP contribution in [0, 0.1) is 6.92 Å². The normalized spacial score (nSPS) is 10.6. The quantitative estimate of drug-likeness (QED) is 0.809. The van der Waals surface area contributed by atoms with E-state index in [-0.39, 0.29) is 6.61 Å². The van der Waals surface area contributed by atoms with Crippen LogP contribution in [0.1, 0.15) is 12.5 Å². The molecular formula is C11H11ClN2O3S. The average molecular weight is 287 g/mol. The number of aryl methyl sites for hydroxylation is 1. The van der Waals surface area contributed by atoms with Crippen LogP contribution in [0.2, 0.25) is 5.02 Å². The van der Waals surface area contributed by atoms with Crippen molar-refractivity contribution >= 4 is 40.3 Å². The molecule has 0 saturated carbocycles. The first-order valence-corrected chi connectivity index (χ1v) is 6.44. The zero-order valence-corrected chi connectivity index (χ0v) is 11.5. The van der Waals surface area contributed by atoms with Crippen LogP contribution in [0.25, 0.3) is 11.0 Å². The molecule has 0 unspecified atom stereocenters. The Morgan fingerprint density at radius 3 is 2.89 bits per heavy atom. The monoisotopic (exact) mass is 286 g/mol. The Kier molecular flexibility index (Phi) is 3.98. The molecule has 5 nitrogen and oxygen atoms in total. The summed E-state index contributed by atoms with van der Waals surface area (Å²) in [6.45, 7) is 3.76. The smallest absolute Gasteiger partial charge is 0.344 e. The fraction of sp³-hybridized carbons (Fsp3) is 0.364. The highest BCUT2D eigenvalue weighted by Gasteiger charge is 2.15. The van der Waals surface area contributed by atoms with Crippen molar-refractivity contribution in [3.8, 4) is 5.75 Å². The summed E-state index contributed by atoms with van der Waals surface area (Å²) in [6.07, 6.45) is 0. The Labute approximate surface area is 113 Å². The lowest BCUT2D eigenvalue weighted by atomic mass is 10.2. The van der Waals surface area contributed by atoms with E-state index in [1.54, 1.807) is 13.0 Å². The lowest BCUT2D eigenvalue weighted by molar-refractivity contribution is -0.145. The van der Waals surface area contributed by atoms with Crippen molar-refractivity contribution in [3.05, 3.63) is 16.7 Å². The number of carbonyl (C=O) groups excluding carboxylic acids is 1. The molecule has 0 aliphatic rings. The summed E-state index contributed by atoms with van der Waals surface area (Å²) in [6, 6.07) is 1.74. The van der Waals surface area contributed by atoms with E-state index in [2.05, 4.69) is 8.75 Å². The molecule has 96 valence electrons. The molecule has 0 aliphatic heterocycles. The van der Waals surface area contributed by atoms with Crippen LogP contribution in [0.5, 0.6) is 5.75 Å². The number of halogens is 1. The summed E-state index contributed by atoms with van der Waals surface area (Å²) in [7, 11) is 0. The molecule has 0 aliphatic carbocycles. The lowest BCUT2D eigenvalue weighted by Gasteiger charge is -2.09. The number of ether oxygens (including phenoxy) is 2. The number of carbonyl (C=O) groups is 1. The standard InChI is InChI=1S/C11H11ClN2O3S/c1-3-16-8(15)5-17-11-6(2)4-7(12)9-10(11)14-18-13-9/h4H,3,5H2,1-2H3. The van der Waals surface area contributed by atoms with E-state index in [1.165, 1.54) is 0 Å². The van der Waals surface area contributed by atoms with Crippen LogP contribution < -0.4 is 4.74 Å². The predicted octanol–water partition coefficient (Wildman–Crippen LogP) is 2.60. The van der Waals surface area contributed by atoms with Crippen LogP contribution >= 0.6 is 23.3 Å². The molecule has 1 aromatic carbocycles. The van der Waals surface area contributed by atoms with Crippen LogP contribution in [-0.2, 0) is 9.53 Å². The molecule has 0 bridgehead atoms. The van der Waals surface area contributed by atoms with Gasteiger partial charge in [0.15, 0.2) is 12.4 Å². The van der Waals surface area contributed by atoms with Crippen molar-refractivity contribution in [2.75, 3.05) is 13.2 Å². The largest absolute Gasteiger partial charge is 0.479 e. The van der Waals surface area contributed by atoms with Gasteiger partial charge in [0, 0.05) is 0 Å². The number of esters is 1. The molecule has 0 atom stereocenters. The summed E-state index contributed by atoms with van der Waals surface area (Å²) in [5.74, 6) is 0.111. The van der Waals surface area contributed by atoms with Crippen LogP contribution in [-0.4, -0.2) is 27.9 Å². The second-order valence-electron chi connectivity index (χ2n) is 3.56. The lowest BCUT2D eigenvalue weighted by Crippen LogP contribution is -2.15. The molecule has 18 heavy (non-hydrogen) atoms. The molecule has 0 amide bonds. The molecule has 0 N–H and O–H groups in total. The van der Waals surface area contributed by atoms with Crippen LogP contribution in [0.3, 0.4) is 0 Å². The maximum Gasteiger partial charge on any atom is 0.344 e. The van der Waals surface area contributed by atoms with Gasteiger partial charge in [-0.15, -0.1) is 0 Å². The third-order valence-electron chi connectivity index (χ3n) is 2.27. The number of aromatic nitrogens is 2. The zero-order chi connectivity index (χ0) is 13.1. The third-order valence-corrected chi connectivity index (χ3v) is 3.09. The molecule has 2 rings (SSSR count). The molecular weight excluding hydrogens is 276 g/mol. The second-order valence-corrected chi connectivity index (χ2v) is 4.50. The first-order valence-electron chi connectivity index (χ1n) is 5.33. The van der Waals surface area contributed by atoms with E-state index in [0.29, 0.717) is 28.4 Å². The minimum absolute atomic E-state index is 0.150. The molecule has 0 fully saturated rings. The molecule has 0 saturated heterocycles.